The molecule has 2 N–H and O–H groups in total. The Bertz CT molecular complexity index is 751. The predicted octanol–water partition coefficient (Wildman–Crippen LogP) is 2.58. The lowest BCUT2D eigenvalue weighted by Crippen LogP contribution is -2.20. The normalized spacial score (nSPS) is 11.8. The van der Waals surface area contributed by atoms with Gasteiger partial charge in [-0.25, -0.2) is 0 Å². The van der Waals surface area contributed by atoms with Crippen LogP contribution >= 0.6 is 0 Å². The molecular formula is C17H22N6. The summed E-state index contributed by atoms with van der Waals surface area (Å²) >= 11 is 0. The van der Waals surface area contributed by atoms with Gasteiger partial charge in [0.1, 0.15) is 6.33 Å². The number of aromatic nitrogens is 5. The standard InChI is InChI=1S/C17H22N6/c1-17(2,3)16-13(10-19-22-16)9-18-11-15-21-20-12-23(15)14-7-5-4-6-8-14/h4-8,10,12,18H,9,11H2,1-3H3,(H,19,22). The van der Waals surface area contributed by atoms with Gasteiger partial charge in [-0.3, -0.25) is 9.67 Å². The maximum Gasteiger partial charge on any atom is 0.151 e. The van der Waals surface area contributed by atoms with E-state index in [1.807, 2.05) is 41.1 Å². The van der Waals surface area contributed by atoms with Gasteiger partial charge in [-0.1, -0.05) is 39.0 Å². The number of H-pyrrole nitrogens is 1. The minimum absolute atomic E-state index is 0.0531. The Morgan fingerprint density at radius 3 is 2.65 bits per heavy atom. The number of nitrogens with zero attached hydrogens (tertiary/aromatic N) is 4. The van der Waals surface area contributed by atoms with Crippen molar-refractivity contribution in [1.82, 2.24) is 30.3 Å². The van der Waals surface area contributed by atoms with E-state index in [9.17, 15) is 0 Å². The zero-order valence-corrected chi connectivity index (χ0v) is 13.7. The van der Waals surface area contributed by atoms with Crippen molar-refractivity contribution in [3.63, 3.8) is 0 Å². The third-order valence-electron chi connectivity index (χ3n) is 3.72. The average Bonchev–Trinajstić information content (AvgIpc) is 3.17. The monoisotopic (exact) mass is 310 g/mol. The van der Waals surface area contributed by atoms with Gasteiger partial charge in [-0.15, -0.1) is 10.2 Å². The van der Waals surface area contributed by atoms with Gasteiger partial charge >= 0.3 is 0 Å². The van der Waals surface area contributed by atoms with Crippen molar-refractivity contribution in [2.75, 3.05) is 0 Å². The minimum Gasteiger partial charge on any atom is -0.306 e. The third kappa shape index (κ3) is 3.48. The first kappa shape index (κ1) is 15.4. The van der Waals surface area contributed by atoms with Gasteiger partial charge in [0.25, 0.3) is 0 Å². The summed E-state index contributed by atoms with van der Waals surface area (Å²) in [5, 5.41) is 18.9. The molecule has 0 fully saturated rings. The predicted molar refractivity (Wildman–Crippen MR) is 89.2 cm³/mol. The van der Waals surface area contributed by atoms with Gasteiger partial charge in [0.2, 0.25) is 0 Å². The Morgan fingerprint density at radius 1 is 1.13 bits per heavy atom. The first-order chi connectivity index (χ1) is 11.1. The summed E-state index contributed by atoms with van der Waals surface area (Å²) < 4.78 is 1.99. The maximum absolute atomic E-state index is 4.21. The van der Waals surface area contributed by atoms with Crippen LogP contribution in [-0.2, 0) is 18.5 Å². The molecule has 120 valence electrons. The maximum atomic E-state index is 4.21. The molecule has 2 heterocycles. The van der Waals surface area contributed by atoms with Crippen molar-refractivity contribution < 1.29 is 0 Å². The molecule has 6 nitrogen and oxygen atoms in total. The summed E-state index contributed by atoms with van der Waals surface area (Å²) in [4.78, 5) is 0. The third-order valence-corrected chi connectivity index (χ3v) is 3.72. The van der Waals surface area contributed by atoms with E-state index in [-0.39, 0.29) is 5.41 Å². The highest BCUT2D eigenvalue weighted by Gasteiger charge is 2.19. The van der Waals surface area contributed by atoms with E-state index in [4.69, 9.17) is 0 Å². The number of nitrogens with one attached hydrogen (secondary N) is 2. The number of hydrogen-bond donors (Lipinski definition) is 2. The summed E-state index contributed by atoms with van der Waals surface area (Å²) in [5.74, 6) is 0.886. The molecule has 0 atom stereocenters. The summed E-state index contributed by atoms with van der Waals surface area (Å²) in [6.07, 6.45) is 3.63. The van der Waals surface area contributed by atoms with Crippen LogP contribution in [0, 0.1) is 0 Å². The van der Waals surface area contributed by atoms with Crippen molar-refractivity contribution in [2.24, 2.45) is 0 Å². The van der Waals surface area contributed by atoms with E-state index in [1.54, 1.807) is 6.33 Å². The molecule has 3 aromatic rings. The molecule has 0 saturated heterocycles. The molecule has 0 aliphatic rings. The smallest absolute Gasteiger partial charge is 0.151 e. The Balaban J connectivity index is 1.67. The molecule has 1 aromatic carbocycles. The molecule has 0 amide bonds. The molecular weight excluding hydrogens is 288 g/mol. The number of hydrogen-bond acceptors (Lipinski definition) is 4. The first-order valence-electron chi connectivity index (χ1n) is 7.73. The first-order valence-corrected chi connectivity index (χ1v) is 7.73. The second-order valence-electron chi connectivity index (χ2n) is 6.58. The number of rotatable bonds is 5. The van der Waals surface area contributed by atoms with Crippen LogP contribution in [0.5, 0.6) is 0 Å². The van der Waals surface area contributed by atoms with E-state index in [2.05, 4.69) is 46.5 Å². The lowest BCUT2D eigenvalue weighted by molar-refractivity contribution is 0.551. The zero-order chi connectivity index (χ0) is 16.3. The Labute approximate surface area is 136 Å². The van der Waals surface area contributed by atoms with Gasteiger partial charge in [-0.05, 0) is 12.1 Å². The fourth-order valence-corrected chi connectivity index (χ4v) is 2.59. The van der Waals surface area contributed by atoms with E-state index in [0.717, 1.165) is 23.8 Å². The van der Waals surface area contributed by atoms with E-state index < -0.39 is 0 Å². The molecule has 2 aromatic heterocycles. The van der Waals surface area contributed by atoms with Crippen LogP contribution in [-0.4, -0.2) is 25.0 Å². The average molecular weight is 310 g/mol. The Hall–Kier alpha value is -2.47. The molecule has 0 saturated carbocycles. The van der Waals surface area contributed by atoms with Crippen LogP contribution in [0.25, 0.3) is 5.69 Å². The molecule has 0 unspecified atom stereocenters. The highest BCUT2D eigenvalue weighted by Crippen LogP contribution is 2.23. The summed E-state index contributed by atoms with van der Waals surface area (Å²) in [7, 11) is 0. The molecule has 0 aliphatic carbocycles. The van der Waals surface area contributed by atoms with Crippen molar-refractivity contribution >= 4 is 0 Å². The second kappa shape index (κ2) is 6.34. The van der Waals surface area contributed by atoms with E-state index in [1.165, 1.54) is 5.56 Å². The molecule has 0 spiro atoms. The van der Waals surface area contributed by atoms with Crippen molar-refractivity contribution in [1.29, 1.82) is 0 Å². The van der Waals surface area contributed by atoms with Crippen molar-refractivity contribution in [2.45, 2.75) is 39.3 Å². The number of para-hydroxylation sites is 1. The Morgan fingerprint density at radius 2 is 1.91 bits per heavy atom. The van der Waals surface area contributed by atoms with Gasteiger partial charge in [0.15, 0.2) is 5.82 Å². The Kier molecular flexibility index (Phi) is 4.25. The van der Waals surface area contributed by atoms with E-state index in [0.29, 0.717) is 6.54 Å². The SMILES string of the molecule is CC(C)(C)c1[nH]ncc1CNCc1nncn1-c1ccccc1. The topological polar surface area (TPSA) is 71.4 Å². The highest BCUT2D eigenvalue weighted by molar-refractivity contribution is 5.32. The van der Waals surface area contributed by atoms with Gasteiger partial charge in [0, 0.05) is 28.9 Å². The van der Waals surface area contributed by atoms with Crippen LogP contribution in [0.3, 0.4) is 0 Å². The molecule has 0 bridgehead atoms. The molecule has 23 heavy (non-hydrogen) atoms. The summed E-state index contributed by atoms with van der Waals surface area (Å²) in [6, 6.07) is 10.1. The van der Waals surface area contributed by atoms with Gasteiger partial charge < -0.3 is 5.32 Å². The second-order valence-corrected chi connectivity index (χ2v) is 6.58. The molecule has 0 radical (unpaired) electrons. The fraction of sp³-hybridized carbons (Fsp3) is 0.353. The number of benzene rings is 1. The molecule has 0 aliphatic heterocycles. The lowest BCUT2D eigenvalue weighted by Gasteiger charge is -2.18. The fourth-order valence-electron chi connectivity index (χ4n) is 2.59. The highest BCUT2D eigenvalue weighted by atomic mass is 15.3. The summed E-state index contributed by atoms with van der Waals surface area (Å²) in [5.41, 5.74) is 3.46. The molecule has 3 rings (SSSR count). The summed E-state index contributed by atoms with van der Waals surface area (Å²) in [6.45, 7) is 7.91. The van der Waals surface area contributed by atoms with Crippen LogP contribution in [0.15, 0.2) is 42.9 Å². The van der Waals surface area contributed by atoms with Gasteiger partial charge in [-0.2, -0.15) is 5.10 Å². The zero-order valence-electron chi connectivity index (χ0n) is 13.7. The van der Waals surface area contributed by atoms with Gasteiger partial charge in [0.05, 0.1) is 12.7 Å². The molecule has 6 heteroatoms. The van der Waals surface area contributed by atoms with Crippen LogP contribution in [0.4, 0.5) is 0 Å². The van der Waals surface area contributed by atoms with E-state index >= 15 is 0 Å². The lowest BCUT2D eigenvalue weighted by atomic mass is 9.89. The largest absolute Gasteiger partial charge is 0.306 e. The van der Waals surface area contributed by atoms with Crippen LogP contribution in [0.1, 0.15) is 37.9 Å². The van der Waals surface area contributed by atoms with Crippen LogP contribution < -0.4 is 5.32 Å². The number of aromatic amines is 1. The minimum atomic E-state index is 0.0531. The van der Waals surface area contributed by atoms with Crippen LogP contribution in [0.2, 0.25) is 0 Å². The van der Waals surface area contributed by atoms with Crippen molar-refractivity contribution in [3.05, 3.63) is 59.9 Å². The van der Waals surface area contributed by atoms with Crippen molar-refractivity contribution in [3.8, 4) is 5.69 Å². The quantitative estimate of drug-likeness (QED) is 0.760.